The minimum atomic E-state index is -0.758. The van der Waals surface area contributed by atoms with Crippen molar-refractivity contribution in [3.63, 3.8) is 0 Å². The van der Waals surface area contributed by atoms with Gasteiger partial charge in [-0.15, -0.1) is 0 Å². The highest BCUT2D eigenvalue weighted by atomic mass is 16.6. The van der Waals surface area contributed by atoms with E-state index in [2.05, 4.69) is 18.9 Å². The van der Waals surface area contributed by atoms with Crippen LogP contribution in [0.2, 0.25) is 0 Å². The first-order valence-corrected chi connectivity index (χ1v) is 7.83. The lowest BCUT2D eigenvalue weighted by molar-refractivity contribution is -0.163. The van der Waals surface area contributed by atoms with E-state index in [1.807, 2.05) is 0 Å². The van der Waals surface area contributed by atoms with E-state index in [1.165, 1.54) is 34.6 Å². The Morgan fingerprint density at radius 1 is 0.593 bits per heavy atom. The number of carbonyl (C=O) groups excluding carboxylic acids is 5. The van der Waals surface area contributed by atoms with Crippen molar-refractivity contribution < 1.29 is 52.8 Å². The highest BCUT2D eigenvalue weighted by Gasteiger charge is 2.15. The molecule has 0 bridgehead atoms. The molecule has 27 heavy (non-hydrogen) atoms. The van der Waals surface area contributed by atoms with Crippen LogP contribution >= 0.6 is 0 Å². The second kappa shape index (κ2) is 15.6. The van der Waals surface area contributed by atoms with E-state index in [-0.39, 0.29) is 26.4 Å². The second-order valence-electron chi connectivity index (χ2n) is 5.05. The predicted octanol–water partition coefficient (Wildman–Crippen LogP) is -0.482. The molecule has 0 aromatic rings. The largest absolute Gasteiger partial charge is 0.462 e. The summed E-state index contributed by atoms with van der Waals surface area (Å²) in [5, 5.41) is 8.62. The van der Waals surface area contributed by atoms with E-state index in [9.17, 15) is 24.0 Å². The highest BCUT2D eigenvalue weighted by Crippen LogP contribution is 1.97. The molecule has 1 N–H and O–H groups in total. The molecule has 0 aromatic heterocycles. The number of esters is 5. The number of hydrogen-bond donors (Lipinski definition) is 1. The highest BCUT2D eigenvalue weighted by molar-refractivity contribution is 5.68. The van der Waals surface area contributed by atoms with Gasteiger partial charge in [0.25, 0.3) is 0 Å². The maximum Gasteiger partial charge on any atom is 0.303 e. The van der Waals surface area contributed by atoms with Crippen LogP contribution in [-0.4, -0.2) is 73.6 Å². The van der Waals surface area contributed by atoms with Gasteiger partial charge in [0.2, 0.25) is 0 Å². The fourth-order valence-corrected chi connectivity index (χ4v) is 1.34. The summed E-state index contributed by atoms with van der Waals surface area (Å²) in [6, 6.07) is 0. The van der Waals surface area contributed by atoms with Gasteiger partial charge in [-0.1, -0.05) is 0 Å². The minimum Gasteiger partial charge on any atom is -0.462 e. The van der Waals surface area contributed by atoms with Gasteiger partial charge in [0.15, 0.2) is 12.2 Å². The quantitative estimate of drug-likeness (QED) is 0.398. The summed E-state index contributed by atoms with van der Waals surface area (Å²) < 4.78 is 23.1. The molecule has 0 aliphatic rings. The average molecular weight is 394 g/mol. The smallest absolute Gasteiger partial charge is 0.303 e. The van der Waals surface area contributed by atoms with Gasteiger partial charge in [-0.2, -0.15) is 0 Å². The molecule has 156 valence electrons. The zero-order valence-electron chi connectivity index (χ0n) is 16.0. The number of carbonyl (C=O) groups is 5. The molecule has 0 fully saturated rings. The zero-order chi connectivity index (χ0) is 21.4. The topological polar surface area (TPSA) is 152 Å². The van der Waals surface area contributed by atoms with E-state index in [1.54, 1.807) is 0 Å². The van der Waals surface area contributed by atoms with Crippen molar-refractivity contribution in [1.29, 1.82) is 0 Å². The lowest BCUT2D eigenvalue weighted by atomic mass is 10.4. The van der Waals surface area contributed by atoms with Gasteiger partial charge >= 0.3 is 29.8 Å². The molecule has 11 heteroatoms. The van der Waals surface area contributed by atoms with Crippen molar-refractivity contribution in [3.05, 3.63) is 0 Å². The van der Waals surface area contributed by atoms with E-state index in [0.717, 1.165) is 0 Å². The van der Waals surface area contributed by atoms with Crippen molar-refractivity contribution in [2.75, 3.05) is 26.4 Å². The van der Waals surface area contributed by atoms with Crippen LogP contribution in [-0.2, 0) is 47.7 Å². The van der Waals surface area contributed by atoms with E-state index >= 15 is 0 Å². The standard InChI is InChI=1S/C9H14O6.C7H12O5/c1-6(10)13-4-9(15-8(3)12)5-14-7(2)11;1-5(9)11-4-7(3-8)12-6(2)10/h9H,4-5H2,1-3H3;7-8H,3-4H2,1-2H3. The van der Waals surface area contributed by atoms with Crippen molar-refractivity contribution in [1.82, 2.24) is 0 Å². The Bertz CT molecular complexity index is 483. The van der Waals surface area contributed by atoms with Gasteiger partial charge in [-0.25, -0.2) is 0 Å². The zero-order valence-corrected chi connectivity index (χ0v) is 16.0. The summed E-state index contributed by atoms with van der Waals surface area (Å²) >= 11 is 0. The van der Waals surface area contributed by atoms with Crippen LogP contribution in [0.1, 0.15) is 34.6 Å². The van der Waals surface area contributed by atoms with Crippen LogP contribution < -0.4 is 0 Å². The molecule has 0 amide bonds. The normalized spacial score (nSPS) is 10.6. The molecule has 0 rings (SSSR count). The van der Waals surface area contributed by atoms with Gasteiger partial charge in [-0.3, -0.25) is 24.0 Å². The second-order valence-corrected chi connectivity index (χ2v) is 5.05. The third-order valence-electron chi connectivity index (χ3n) is 2.29. The summed E-state index contributed by atoms with van der Waals surface area (Å²) in [5.41, 5.74) is 0. The van der Waals surface area contributed by atoms with Crippen LogP contribution in [0.25, 0.3) is 0 Å². The van der Waals surface area contributed by atoms with Crippen LogP contribution in [0, 0.1) is 0 Å². The molecule has 11 nitrogen and oxygen atoms in total. The van der Waals surface area contributed by atoms with Crippen LogP contribution in [0.3, 0.4) is 0 Å². The summed E-state index contributed by atoms with van der Waals surface area (Å²) in [4.78, 5) is 52.3. The summed E-state index contributed by atoms with van der Waals surface area (Å²) in [6.07, 6.45) is -1.51. The first-order chi connectivity index (χ1) is 12.5. The lowest BCUT2D eigenvalue weighted by Gasteiger charge is -2.15. The third kappa shape index (κ3) is 21.3. The molecular formula is C16H26O11. The van der Waals surface area contributed by atoms with E-state index in [4.69, 9.17) is 9.84 Å². The van der Waals surface area contributed by atoms with Gasteiger partial charge < -0.3 is 28.8 Å². The Kier molecular flexibility index (Phi) is 15.3. The number of aliphatic hydroxyl groups is 1. The number of rotatable bonds is 9. The SMILES string of the molecule is CC(=O)OCC(CO)OC(C)=O.CC(=O)OCC(COC(C)=O)OC(C)=O. The minimum absolute atomic E-state index is 0.106. The van der Waals surface area contributed by atoms with Crippen molar-refractivity contribution >= 4 is 29.8 Å². The molecule has 1 atom stereocenters. The molecule has 0 saturated carbocycles. The first kappa shape index (κ1) is 26.5. The fourth-order valence-electron chi connectivity index (χ4n) is 1.34. The van der Waals surface area contributed by atoms with Gasteiger partial charge in [-0.05, 0) is 0 Å². The molecule has 0 spiro atoms. The molecule has 1 unspecified atom stereocenters. The monoisotopic (exact) mass is 394 g/mol. The van der Waals surface area contributed by atoms with Gasteiger partial charge in [0, 0.05) is 34.6 Å². The molecule has 0 aliphatic heterocycles. The number of aliphatic hydroxyl groups excluding tert-OH is 1. The Hall–Kier alpha value is -2.69. The van der Waals surface area contributed by atoms with E-state index in [0.29, 0.717) is 0 Å². The number of hydrogen-bond acceptors (Lipinski definition) is 11. The van der Waals surface area contributed by atoms with Crippen LogP contribution in [0.5, 0.6) is 0 Å². The van der Waals surface area contributed by atoms with E-state index < -0.39 is 42.1 Å². The first-order valence-electron chi connectivity index (χ1n) is 7.83. The van der Waals surface area contributed by atoms with Crippen LogP contribution in [0.15, 0.2) is 0 Å². The summed E-state index contributed by atoms with van der Waals surface area (Å²) in [7, 11) is 0. The van der Waals surface area contributed by atoms with Gasteiger partial charge in [0.05, 0.1) is 6.61 Å². The Labute approximate surface area is 156 Å². The molecule has 0 saturated heterocycles. The lowest BCUT2D eigenvalue weighted by Crippen LogP contribution is -2.29. The maximum atomic E-state index is 10.6. The van der Waals surface area contributed by atoms with Crippen molar-refractivity contribution in [3.8, 4) is 0 Å². The van der Waals surface area contributed by atoms with Crippen molar-refractivity contribution in [2.24, 2.45) is 0 Å². The Balaban J connectivity index is 0. The van der Waals surface area contributed by atoms with Gasteiger partial charge in [0.1, 0.15) is 19.8 Å². The predicted molar refractivity (Wildman–Crippen MR) is 88.1 cm³/mol. The molecule has 0 heterocycles. The average Bonchev–Trinajstić information content (AvgIpc) is 2.53. The van der Waals surface area contributed by atoms with Crippen LogP contribution in [0.4, 0.5) is 0 Å². The summed E-state index contributed by atoms with van der Waals surface area (Å²) in [6.45, 7) is 5.43. The molecular weight excluding hydrogens is 368 g/mol. The Morgan fingerprint density at radius 2 is 0.889 bits per heavy atom. The molecule has 0 aliphatic carbocycles. The maximum absolute atomic E-state index is 10.6. The molecule has 0 aromatic carbocycles. The fraction of sp³-hybridized carbons (Fsp3) is 0.688. The molecule has 0 radical (unpaired) electrons. The number of ether oxygens (including phenoxy) is 5. The summed E-state index contributed by atoms with van der Waals surface area (Å²) in [5.74, 6) is -2.49. The third-order valence-corrected chi connectivity index (χ3v) is 2.29. The Morgan fingerprint density at radius 3 is 1.15 bits per heavy atom. The van der Waals surface area contributed by atoms with Crippen molar-refractivity contribution in [2.45, 2.75) is 46.8 Å².